The van der Waals surface area contributed by atoms with E-state index in [0.29, 0.717) is 24.9 Å². The summed E-state index contributed by atoms with van der Waals surface area (Å²) in [6.07, 6.45) is 0.312. The third-order valence-corrected chi connectivity index (χ3v) is 3.86. The van der Waals surface area contributed by atoms with Gasteiger partial charge in [-0.2, -0.15) is 0 Å². The molecule has 1 fully saturated rings. The number of ether oxygens (including phenoxy) is 1. The number of aliphatic carboxylic acids is 1. The Morgan fingerprint density at radius 2 is 1.88 bits per heavy atom. The minimum absolute atomic E-state index is 0.356. The molecule has 0 radical (unpaired) electrons. The van der Waals surface area contributed by atoms with Crippen LogP contribution in [0.15, 0.2) is 30.3 Å². The Kier molecular flexibility index (Phi) is 5.66. The number of rotatable bonds is 4. The van der Waals surface area contributed by atoms with Gasteiger partial charge in [0.15, 0.2) is 0 Å². The van der Waals surface area contributed by atoms with E-state index in [1.165, 1.54) is 4.90 Å². The van der Waals surface area contributed by atoms with Crippen molar-refractivity contribution in [1.29, 1.82) is 0 Å². The van der Waals surface area contributed by atoms with Crippen molar-refractivity contribution in [2.24, 2.45) is 0 Å². The van der Waals surface area contributed by atoms with Gasteiger partial charge in [-0.05, 0) is 39.2 Å². The molecule has 1 heterocycles. The normalized spacial score (nSPS) is 18.5. The van der Waals surface area contributed by atoms with Crippen LogP contribution in [0, 0.1) is 0 Å². The van der Waals surface area contributed by atoms with Crippen molar-refractivity contribution >= 4 is 18.0 Å². The van der Waals surface area contributed by atoms with E-state index < -0.39 is 35.7 Å². The topological polar surface area (TPSA) is 95.9 Å². The van der Waals surface area contributed by atoms with Crippen LogP contribution in [0.5, 0.6) is 0 Å². The van der Waals surface area contributed by atoms with Gasteiger partial charge >= 0.3 is 12.1 Å². The molecule has 0 bridgehead atoms. The number of likely N-dealkylation sites (tertiary alicyclic amines) is 1. The molecule has 1 aliphatic rings. The summed E-state index contributed by atoms with van der Waals surface area (Å²) < 4.78 is 5.24. The number of amides is 2. The number of carboxylic acids is 1. The molecule has 1 saturated heterocycles. The zero-order valence-electron chi connectivity index (χ0n) is 14.7. The molecule has 1 aromatic carbocycles. The molecule has 0 aliphatic carbocycles. The number of hydrogen-bond acceptors (Lipinski definition) is 4. The maximum absolute atomic E-state index is 13.0. The van der Waals surface area contributed by atoms with Gasteiger partial charge in [-0.3, -0.25) is 4.79 Å². The van der Waals surface area contributed by atoms with Gasteiger partial charge < -0.3 is 20.1 Å². The zero-order valence-corrected chi connectivity index (χ0v) is 14.7. The Hall–Kier alpha value is -2.57. The fraction of sp³-hybridized carbons (Fsp3) is 0.500. The number of alkyl carbamates (subject to hydrolysis) is 1. The Morgan fingerprint density at radius 3 is 2.44 bits per heavy atom. The summed E-state index contributed by atoms with van der Waals surface area (Å²) in [4.78, 5) is 37.8. The zero-order chi connectivity index (χ0) is 18.6. The predicted molar refractivity (Wildman–Crippen MR) is 90.9 cm³/mol. The number of benzene rings is 1. The van der Waals surface area contributed by atoms with Crippen molar-refractivity contribution in [2.75, 3.05) is 6.54 Å². The van der Waals surface area contributed by atoms with E-state index >= 15 is 0 Å². The van der Waals surface area contributed by atoms with E-state index in [1.807, 2.05) is 0 Å². The summed E-state index contributed by atoms with van der Waals surface area (Å²) in [5.41, 5.74) is -0.125. The molecule has 2 atom stereocenters. The van der Waals surface area contributed by atoms with E-state index in [-0.39, 0.29) is 0 Å². The second-order valence-electron chi connectivity index (χ2n) is 7.02. The van der Waals surface area contributed by atoms with Crippen molar-refractivity contribution in [3.63, 3.8) is 0 Å². The second-order valence-corrected chi connectivity index (χ2v) is 7.02. The smallest absolute Gasteiger partial charge is 0.408 e. The first-order chi connectivity index (χ1) is 11.7. The monoisotopic (exact) mass is 348 g/mol. The molecule has 0 aromatic heterocycles. The van der Waals surface area contributed by atoms with Crippen molar-refractivity contribution < 1.29 is 24.2 Å². The van der Waals surface area contributed by atoms with E-state index in [0.717, 1.165) is 0 Å². The summed E-state index contributed by atoms with van der Waals surface area (Å²) in [6.45, 7) is 5.54. The van der Waals surface area contributed by atoms with Crippen LogP contribution in [-0.4, -0.2) is 46.2 Å². The van der Waals surface area contributed by atoms with E-state index in [4.69, 9.17) is 4.74 Å². The van der Waals surface area contributed by atoms with Crippen LogP contribution in [0.4, 0.5) is 4.79 Å². The van der Waals surface area contributed by atoms with Gasteiger partial charge in [0, 0.05) is 6.54 Å². The highest BCUT2D eigenvalue weighted by molar-refractivity contribution is 5.90. The average molecular weight is 348 g/mol. The lowest BCUT2D eigenvalue weighted by Crippen LogP contribution is -2.48. The Morgan fingerprint density at radius 1 is 1.24 bits per heavy atom. The third kappa shape index (κ3) is 4.95. The minimum atomic E-state index is -1.03. The van der Waals surface area contributed by atoms with Crippen molar-refractivity contribution in [3.05, 3.63) is 35.9 Å². The SMILES string of the molecule is CC(C)(C)OC(=O)N[C@H](C(=O)N1CCC[C@H]1C(=O)O)c1ccccc1. The highest BCUT2D eigenvalue weighted by Gasteiger charge is 2.38. The quantitative estimate of drug-likeness (QED) is 0.870. The van der Waals surface area contributed by atoms with E-state index in [2.05, 4.69) is 5.32 Å². The average Bonchev–Trinajstić information content (AvgIpc) is 3.01. The van der Waals surface area contributed by atoms with Gasteiger partial charge in [0.1, 0.15) is 17.7 Å². The highest BCUT2D eigenvalue weighted by Crippen LogP contribution is 2.24. The molecule has 7 heteroatoms. The molecule has 2 N–H and O–H groups in total. The van der Waals surface area contributed by atoms with Crippen LogP contribution in [0.1, 0.15) is 45.2 Å². The third-order valence-electron chi connectivity index (χ3n) is 3.86. The number of nitrogens with one attached hydrogen (secondary N) is 1. The number of carbonyl (C=O) groups is 3. The number of hydrogen-bond donors (Lipinski definition) is 2. The fourth-order valence-electron chi connectivity index (χ4n) is 2.81. The maximum atomic E-state index is 13.0. The molecular weight excluding hydrogens is 324 g/mol. The second kappa shape index (κ2) is 7.55. The molecule has 1 aliphatic heterocycles. The Labute approximate surface area is 147 Å². The van der Waals surface area contributed by atoms with Gasteiger partial charge in [0.25, 0.3) is 5.91 Å². The number of carbonyl (C=O) groups excluding carboxylic acids is 2. The Bertz CT molecular complexity index is 639. The van der Waals surface area contributed by atoms with Crippen molar-refractivity contribution in [2.45, 2.75) is 51.3 Å². The van der Waals surface area contributed by atoms with E-state index in [9.17, 15) is 19.5 Å². The first-order valence-electron chi connectivity index (χ1n) is 8.27. The first-order valence-corrected chi connectivity index (χ1v) is 8.27. The molecule has 2 amide bonds. The minimum Gasteiger partial charge on any atom is -0.480 e. The molecule has 7 nitrogen and oxygen atoms in total. The summed E-state index contributed by atoms with van der Waals surface area (Å²) in [7, 11) is 0. The van der Waals surface area contributed by atoms with Crippen LogP contribution in [-0.2, 0) is 14.3 Å². The molecule has 0 unspecified atom stereocenters. The summed E-state index contributed by atoms with van der Waals surface area (Å²) >= 11 is 0. The Balaban J connectivity index is 2.24. The molecular formula is C18H24N2O5. The van der Waals surface area contributed by atoms with Gasteiger partial charge in [0.05, 0.1) is 0 Å². The van der Waals surface area contributed by atoms with E-state index in [1.54, 1.807) is 51.1 Å². The largest absolute Gasteiger partial charge is 0.480 e. The van der Waals surface area contributed by atoms with Crippen LogP contribution in [0.25, 0.3) is 0 Å². The molecule has 136 valence electrons. The van der Waals surface area contributed by atoms with Crippen LogP contribution in [0.2, 0.25) is 0 Å². The first kappa shape index (κ1) is 18.8. The molecule has 25 heavy (non-hydrogen) atoms. The van der Waals surface area contributed by atoms with Crippen LogP contribution < -0.4 is 5.32 Å². The standard InChI is InChI=1S/C18H24N2O5/c1-18(2,3)25-17(24)19-14(12-8-5-4-6-9-12)15(21)20-11-7-10-13(20)16(22)23/h4-6,8-9,13-14H,7,10-11H2,1-3H3,(H,19,24)(H,22,23)/t13-,14-/m0/s1. The van der Waals surface area contributed by atoms with Gasteiger partial charge in [-0.1, -0.05) is 30.3 Å². The summed E-state index contributed by atoms with van der Waals surface area (Å²) in [5, 5.41) is 11.9. The number of nitrogens with zero attached hydrogens (tertiary/aromatic N) is 1. The van der Waals surface area contributed by atoms with Gasteiger partial charge in [-0.25, -0.2) is 9.59 Å². The molecule has 0 saturated carbocycles. The molecule has 0 spiro atoms. The summed E-state index contributed by atoms with van der Waals surface area (Å²) in [6, 6.07) is 6.89. The molecule has 2 rings (SSSR count). The van der Waals surface area contributed by atoms with Gasteiger partial charge in [-0.15, -0.1) is 0 Å². The van der Waals surface area contributed by atoms with Crippen LogP contribution in [0.3, 0.4) is 0 Å². The summed E-state index contributed by atoms with van der Waals surface area (Å²) in [5.74, 6) is -1.48. The van der Waals surface area contributed by atoms with Crippen molar-refractivity contribution in [3.8, 4) is 0 Å². The lowest BCUT2D eigenvalue weighted by molar-refractivity contribution is -0.149. The number of carboxylic acid groups (broad SMARTS) is 1. The van der Waals surface area contributed by atoms with Crippen LogP contribution >= 0.6 is 0 Å². The van der Waals surface area contributed by atoms with Gasteiger partial charge in [0.2, 0.25) is 0 Å². The maximum Gasteiger partial charge on any atom is 0.408 e. The molecule has 1 aromatic rings. The predicted octanol–water partition coefficient (Wildman–Crippen LogP) is 2.33. The lowest BCUT2D eigenvalue weighted by Gasteiger charge is -2.28. The van der Waals surface area contributed by atoms with Crippen molar-refractivity contribution in [1.82, 2.24) is 10.2 Å². The fourth-order valence-corrected chi connectivity index (χ4v) is 2.81. The lowest BCUT2D eigenvalue weighted by atomic mass is 10.1. The highest BCUT2D eigenvalue weighted by atomic mass is 16.6.